The van der Waals surface area contributed by atoms with Crippen LogP contribution in [0.2, 0.25) is 0 Å². The highest BCUT2D eigenvalue weighted by atomic mass is 19.1. The van der Waals surface area contributed by atoms with Gasteiger partial charge in [0.2, 0.25) is 0 Å². The molecule has 1 N–H and O–H groups in total. The number of hydrogen-bond donors (Lipinski definition) is 1. The van der Waals surface area contributed by atoms with Gasteiger partial charge in [0.1, 0.15) is 11.6 Å². The van der Waals surface area contributed by atoms with Crippen molar-refractivity contribution in [2.24, 2.45) is 0 Å². The van der Waals surface area contributed by atoms with E-state index in [9.17, 15) is 19.1 Å². The minimum absolute atomic E-state index is 0.0561. The Morgan fingerprint density at radius 2 is 1.72 bits per heavy atom. The van der Waals surface area contributed by atoms with E-state index in [1.807, 2.05) is 19.1 Å². The Morgan fingerprint density at radius 1 is 1.03 bits per heavy atom. The van der Waals surface area contributed by atoms with Gasteiger partial charge in [0.15, 0.2) is 0 Å². The van der Waals surface area contributed by atoms with Crippen molar-refractivity contribution >= 4 is 17.4 Å². The van der Waals surface area contributed by atoms with Gasteiger partial charge in [0, 0.05) is 17.7 Å². The molecule has 2 aromatic rings. The van der Waals surface area contributed by atoms with E-state index in [2.05, 4.69) is 6.92 Å². The van der Waals surface area contributed by atoms with Gasteiger partial charge in [-0.05, 0) is 19.4 Å². The molecule has 0 spiro atoms. The molecule has 5 heteroatoms. The van der Waals surface area contributed by atoms with E-state index in [0.717, 1.165) is 31.2 Å². The van der Waals surface area contributed by atoms with Gasteiger partial charge in [-0.3, -0.25) is 9.59 Å². The minimum Gasteiger partial charge on any atom is -0.507 e. The average molecular weight is 395 g/mol. The van der Waals surface area contributed by atoms with Gasteiger partial charge in [-0.2, -0.15) is 0 Å². The van der Waals surface area contributed by atoms with Crippen LogP contribution in [0.1, 0.15) is 55.3 Å². The highest BCUT2D eigenvalue weighted by Gasteiger charge is 2.46. The summed E-state index contributed by atoms with van der Waals surface area (Å²) in [7, 11) is 0. The van der Waals surface area contributed by atoms with Crippen molar-refractivity contribution in [2.75, 3.05) is 6.54 Å². The molecule has 3 rings (SSSR count). The zero-order valence-corrected chi connectivity index (χ0v) is 16.8. The molecule has 1 fully saturated rings. The molecule has 152 valence electrons. The maximum atomic E-state index is 14.7. The Morgan fingerprint density at radius 3 is 2.38 bits per heavy atom. The van der Waals surface area contributed by atoms with Crippen LogP contribution in [0, 0.1) is 12.7 Å². The summed E-state index contributed by atoms with van der Waals surface area (Å²) in [6, 6.07) is 12.2. The SMILES string of the molecule is CCCCCCN1C(=O)C(=O)C(=C(O)c2ccc(C)cc2)[C@@H]1c1ccccc1F. The number of Topliss-reactive ketones (excluding diaryl/α,β-unsaturated/α-hetero) is 1. The van der Waals surface area contributed by atoms with Crippen LogP contribution in [0.25, 0.3) is 5.76 Å². The number of carbonyl (C=O) groups excluding carboxylic acids is 2. The van der Waals surface area contributed by atoms with Crippen LogP contribution < -0.4 is 0 Å². The minimum atomic E-state index is -0.931. The fraction of sp³-hybridized carbons (Fsp3) is 0.333. The molecule has 2 aromatic carbocycles. The van der Waals surface area contributed by atoms with Crippen LogP contribution >= 0.6 is 0 Å². The predicted octanol–water partition coefficient (Wildman–Crippen LogP) is 5.14. The third-order valence-corrected chi connectivity index (χ3v) is 5.32. The monoisotopic (exact) mass is 395 g/mol. The number of nitrogens with zero attached hydrogens (tertiary/aromatic N) is 1. The molecule has 29 heavy (non-hydrogen) atoms. The zero-order valence-electron chi connectivity index (χ0n) is 16.8. The molecular formula is C24H26FNO3. The van der Waals surface area contributed by atoms with Crippen LogP contribution in [-0.2, 0) is 9.59 Å². The highest BCUT2D eigenvalue weighted by molar-refractivity contribution is 6.46. The van der Waals surface area contributed by atoms with Crippen LogP contribution in [0.4, 0.5) is 4.39 Å². The molecule has 0 bridgehead atoms. The molecule has 0 saturated carbocycles. The molecule has 1 amide bonds. The number of likely N-dealkylation sites (tertiary alicyclic amines) is 1. The average Bonchev–Trinajstić information content (AvgIpc) is 2.96. The van der Waals surface area contributed by atoms with Gasteiger partial charge in [0.05, 0.1) is 11.6 Å². The summed E-state index contributed by atoms with van der Waals surface area (Å²) >= 11 is 0. The van der Waals surface area contributed by atoms with Gasteiger partial charge >= 0.3 is 0 Å². The van der Waals surface area contributed by atoms with Crippen molar-refractivity contribution in [3.8, 4) is 0 Å². The third-order valence-electron chi connectivity index (χ3n) is 5.32. The standard InChI is InChI=1S/C24H26FNO3/c1-3-4-5-8-15-26-21(18-9-6-7-10-19(18)25)20(23(28)24(26)29)22(27)17-13-11-16(2)12-14-17/h6-7,9-14,21,27H,3-5,8,15H2,1-2H3/t21-/m0/s1. The highest BCUT2D eigenvalue weighted by Crippen LogP contribution is 2.40. The smallest absolute Gasteiger partial charge is 0.295 e. The lowest BCUT2D eigenvalue weighted by molar-refractivity contribution is -0.140. The number of carbonyl (C=O) groups is 2. The Hall–Kier alpha value is -2.95. The summed E-state index contributed by atoms with van der Waals surface area (Å²) in [6.45, 7) is 4.35. The number of aliphatic hydroxyl groups excluding tert-OH is 1. The van der Waals surface area contributed by atoms with Crippen LogP contribution in [0.3, 0.4) is 0 Å². The van der Waals surface area contributed by atoms with Crippen LogP contribution in [0.15, 0.2) is 54.1 Å². The number of aryl methyl sites for hydroxylation is 1. The van der Waals surface area contributed by atoms with E-state index >= 15 is 0 Å². The molecule has 1 heterocycles. The summed E-state index contributed by atoms with van der Waals surface area (Å²) in [5.41, 5.74) is 1.60. The molecule has 1 atom stereocenters. The van der Waals surface area contributed by atoms with E-state index < -0.39 is 23.5 Å². The third kappa shape index (κ3) is 4.24. The van der Waals surface area contributed by atoms with Crippen molar-refractivity contribution in [3.05, 3.63) is 76.6 Å². The number of rotatable bonds is 7. The van der Waals surface area contributed by atoms with Gasteiger partial charge in [-0.15, -0.1) is 0 Å². The van der Waals surface area contributed by atoms with Crippen molar-refractivity contribution in [2.45, 2.75) is 45.6 Å². The number of ketones is 1. The first-order valence-electron chi connectivity index (χ1n) is 10.1. The van der Waals surface area contributed by atoms with E-state index in [1.54, 1.807) is 30.3 Å². The molecule has 1 aliphatic heterocycles. The Kier molecular flexibility index (Phi) is 6.47. The number of halogens is 1. The van der Waals surface area contributed by atoms with Crippen molar-refractivity contribution in [1.82, 2.24) is 4.90 Å². The van der Waals surface area contributed by atoms with Gasteiger partial charge < -0.3 is 10.0 Å². The number of aliphatic hydroxyl groups is 1. The second-order valence-electron chi connectivity index (χ2n) is 7.44. The first kappa shape index (κ1) is 20.8. The summed E-state index contributed by atoms with van der Waals surface area (Å²) in [5.74, 6) is -2.24. The number of benzene rings is 2. The van der Waals surface area contributed by atoms with E-state index in [-0.39, 0.29) is 16.9 Å². The maximum Gasteiger partial charge on any atom is 0.295 e. The number of amides is 1. The number of hydrogen-bond acceptors (Lipinski definition) is 3. The van der Waals surface area contributed by atoms with Crippen LogP contribution in [-0.4, -0.2) is 28.2 Å². The Labute approximate surface area is 170 Å². The fourth-order valence-corrected chi connectivity index (χ4v) is 3.71. The predicted molar refractivity (Wildman–Crippen MR) is 111 cm³/mol. The lowest BCUT2D eigenvalue weighted by atomic mass is 9.94. The van der Waals surface area contributed by atoms with Gasteiger partial charge in [-0.1, -0.05) is 74.2 Å². The summed E-state index contributed by atoms with van der Waals surface area (Å²) in [4.78, 5) is 27.0. The molecular weight excluding hydrogens is 369 g/mol. The van der Waals surface area contributed by atoms with Crippen molar-refractivity contribution in [3.63, 3.8) is 0 Å². The second-order valence-corrected chi connectivity index (χ2v) is 7.44. The summed E-state index contributed by atoms with van der Waals surface area (Å²) in [6.07, 6.45) is 3.71. The molecule has 1 saturated heterocycles. The Balaban J connectivity index is 2.08. The number of unbranched alkanes of at least 4 members (excludes halogenated alkanes) is 3. The van der Waals surface area contributed by atoms with Crippen LogP contribution in [0.5, 0.6) is 0 Å². The molecule has 0 aromatic heterocycles. The lowest BCUT2D eigenvalue weighted by Crippen LogP contribution is -2.31. The quantitative estimate of drug-likeness (QED) is 0.306. The summed E-state index contributed by atoms with van der Waals surface area (Å²) in [5, 5.41) is 10.9. The molecule has 4 nitrogen and oxygen atoms in total. The largest absolute Gasteiger partial charge is 0.507 e. The van der Waals surface area contributed by atoms with E-state index in [1.165, 1.54) is 11.0 Å². The topological polar surface area (TPSA) is 57.6 Å². The summed E-state index contributed by atoms with van der Waals surface area (Å²) < 4.78 is 14.7. The second kappa shape index (κ2) is 9.03. The molecule has 1 aliphatic rings. The molecule has 0 radical (unpaired) electrons. The van der Waals surface area contributed by atoms with Crippen molar-refractivity contribution < 1.29 is 19.1 Å². The lowest BCUT2D eigenvalue weighted by Gasteiger charge is -2.25. The maximum absolute atomic E-state index is 14.7. The van der Waals surface area contributed by atoms with Crippen molar-refractivity contribution in [1.29, 1.82) is 0 Å². The first-order chi connectivity index (χ1) is 14.0. The normalized spacial score (nSPS) is 18.4. The Bertz CT molecular complexity index is 933. The first-order valence-corrected chi connectivity index (χ1v) is 10.1. The van der Waals surface area contributed by atoms with E-state index in [0.29, 0.717) is 12.1 Å². The molecule has 0 aliphatic carbocycles. The fourth-order valence-electron chi connectivity index (χ4n) is 3.71. The van der Waals surface area contributed by atoms with Gasteiger partial charge in [0.25, 0.3) is 11.7 Å². The van der Waals surface area contributed by atoms with E-state index in [4.69, 9.17) is 0 Å². The zero-order chi connectivity index (χ0) is 21.0. The van der Waals surface area contributed by atoms with Gasteiger partial charge in [-0.25, -0.2) is 4.39 Å². The molecule has 0 unspecified atom stereocenters.